The second-order valence-corrected chi connectivity index (χ2v) is 7.98. The maximum absolute atomic E-state index is 4.65. The van der Waals surface area contributed by atoms with Crippen LogP contribution < -0.4 is 5.32 Å². The molecule has 7 heteroatoms. The van der Waals surface area contributed by atoms with E-state index in [1.165, 1.54) is 5.56 Å². The predicted octanol–water partition coefficient (Wildman–Crippen LogP) is 2.68. The molecule has 0 aliphatic carbocycles. The molecular weight excluding hydrogens is 368 g/mol. The van der Waals surface area contributed by atoms with Crippen molar-refractivity contribution in [2.75, 3.05) is 39.8 Å². The van der Waals surface area contributed by atoms with Crippen LogP contribution in [0.1, 0.15) is 17.3 Å². The highest BCUT2D eigenvalue weighted by Gasteiger charge is 2.25. The van der Waals surface area contributed by atoms with E-state index in [0.29, 0.717) is 11.9 Å². The van der Waals surface area contributed by atoms with Crippen molar-refractivity contribution < 1.29 is 0 Å². The molecule has 28 heavy (non-hydrogen) atoms. The van der Waals surface area contributed by atoms with Gasteiger partial charge in [0.2, 0.25) is 0 Å². The molecule has 1 aliphatic heterocycles. The Morgan fingerprint density at radius 2 is 1.93 bits per heavy atom. The van der Waals surface area contributed by atoms with Crippen molar-refractivity contribution in [2.45, 2.75) is 12.6 Å². The van der Waals surface area contributed by atoms with Gasteiger partial charge in [-0.05, 0) is 18.7 Å². The summed E-state index contributed by atoms with van der Waals surface area (Å²) in [7, 11) is 2.21. The highest BCUT2D eigenvalue weighted by molar-refractivity contribution is 7.13. The molecule has 1 aromatic carbocycles. The average Bonchev–Trinajstić information content (AvgIpc) is 3.22. The lowest BCUT2D eigenvalue weighted by molar-refractivity contribution is 0.0906. The third-order valence-electron chi connectivity index (χ3n) is 5.07. The van der Waals surface area contributed by atoms with Gasteiger partial charge in [-0.25, -0.2) is 15.0 Å². The number of aromatic nitrogens is 3. The van der Waals surface area contributed by atoms with Crippen LogP contribution in [0, 0.1) is 0 Å². The summed E-state index contributed by atoms with van der Waals surface area (Å²) < 4.78 is 0. The number of nitrogens with one attached hydrogen (secondary N) is 1. The molecule has 2 aromatic heterocycles. The topological polar surface area (TPSA) is 57.2 Å². The Labute approximate surface area is 170 Å². The maximum atomic E-state index is 4.65. The number of thiazole rings is 1. The minimum absolute atomic E-state index is 0.461. The van der Waals surface area contributed by atoms with E-state index in [-0.39, 0.29) is 0 Å². The third kappa shape index (κ3) is 4.80. The van der Waals surface area contributed by atoms with Crippen LogP contribution in [0.15, 0.2) is 54.2 Å². The number of benzene rings is 1. The van der Waals surface area contributed by atoms with Gasteiger partial charge in [-0.1, -0.05) is 30.3 Å². The molecule has 6 nitrogen and oxygen atoms in total. The van der Waals surface area contributed by atoms with Gasteiger partial charge in [0.15, 0.2) is 10.8 Å². The van der Waals surface area contributed by atoms with Crippen molar-refractivity contribution in [1.29, 1.82) is 0 Å². The third-order valence-corrected chi connectivity index (χ3v) is 5.96. The monoisotopic (exact) mass is 394 g/mol. The summed E-state index contributed by atoms with van der Waals surface area (Å²) in [5.41, 5.74) is 2.45. The van der Waals surface area contributed by atoms with Gasteiger partial charge in [0.1, 0.15) is 0 Å². The molecule has 1 atom stereocenters. The molecule has 1 aliphatic rings. The first-order valence-corrected chi connectivity index (χ1v) is 10.6. The van der Waals surface area contributed by atoms with Crippen LogP contribution in [0.2, 0.25) is 0 Å². The summed E-state index contributed by atoms with van der Waals surface area (Å²) in [5, 5.41) is 6.51. The average molecular weight is 395 g/mol. The number of nitrogens with zero attached hydrogens (tertiary/aromatic N) is 5. The van der Waals surface area contributed by atoms with Gasteiger partial charge in [0, 0.05) is 63.1 Å². The van der Waals surface area contributed by atoms with Crippen LogP contribution in [0.25, 0.3) is 10.8 Å². The minimum Gasteiger partial charge on any atom is -0.310 e. The van der Waals surface area contributed by atoms with Crippen LogP contribution in [-0.4, -0.2) is 64.5 Å². The molecule has 1 fully saturated rings. The van der Waals surface area contributed by atoms with E-state index in [9.17, 15) is 0 Å². The van der Waals surface area contributed by atoms with E-state index in [4.69, 9.17) is 0 Å². The molecule has 146 valence electrons. The van der Waals surface area contributed by atoms with Crippen LogP contribution in [0.3, 0.4) is 0 Å². The number of hydrogen-bond donors (Lipinski definition) is 1. The van der Waals surface area contributed by atoms with Crippen LogP contribution in [-0.2, 0) is 6.54 Å². The molecule has 3 heterocycles. The molecule has 0 bridgehead atoms. The molecule has 1 saturated heterocycles. The Morgan fingerprint density at radius 3 is 2.75 bits per heavy atom. The molecule has 1 unspecified atom stereocenters. The van der Waals surface area contributed by atoms with Crippen molar-refractivity contribution in [3.05, 3.63) is 65.4 Å². The number of rotatable bonds is 7. The molecule has 0 amide bonds. The summed E-state index contributed by atoms with van der Waals surface area (Å²) >= 11 is 1.59. The fraction of sp³-hybridized carbons (Fsp3) is 0.381. The summed E-state index contributed by atoms with van der Waals surface area (Å²) in [6.07, 6.45) is 3.50. The Hall–Kier alpha value is -2.19. The second-order valence-electron chi connectivity index (χ2n) is 7.12. The molecule has 0 saturated carbocycles. The maximum Gasteiger partial charge on any atom is 0.188 e. The molecule has 0 spiro atoms. The first kappa shape index (κ1) is 19.1. The Morgan fingerprint density at radius 1 is 1.11 bits per heavy atom. The summed E-state index contributed by atoms with van der Waals surface area (Å²) in [6, 6.07) is 13.1. The van der Waals surface area contributed by atoms with Crippen molar-refractivity contribution in [3.8, 4) is 10.8 Å². The lowest BCUT2D eigenvalue weighted by Gasteiger charge is -2.40. The summed E-state index contributed by atoms with van der Waals surface area (Å²) in [5.74, 6) is 0.696. The zero-order chi connectivity index (χ0) is 19.2. The number of likely N-dealkylation sites (N-methyl/N-ethyl adjacent to an activating group) is 1. The van der Waals surface area contributed by atoms with E-state index in [1.807, 2.05) is 6.07 Å². The summed E-state index contributed by atoms with van der Waals surface area (Å²) in [6.45, 7) is 6.05. The van der Waals surface area contributed by atoms with E-state index in [0.717, 1.165) is 50.0 Å². The summed E-state index contributed by atoms with van der Waals surface area (Å²) in [4.78, 5) is 18.2. The van der Waals surface area contributed by atoms with Crippen LogP contribution in [0.5, 0.6) is 0 Å². The van der Waals surface area contributed by atoms with Crippen LogP contribution in [0.4, 0.5) is 0 Å². The highest BCUT2D eigenvalue weighted by atomic mass is 32.1. The fourth-order valence-electron chi connectivity index (χ4n) is 3.56. The van der Waals surface area contributed by atoms with Gasteiger partial charge >= 0.3 is 0 Å². The van der Waals surface area contributed by atoms with Crippen molar-refractivity contribution in [3.63, 3.8) is 0 Å². The normalized spacial score (nSPS) is 18.4. The quantitative estimate of drug-likeness (QED) is 0.622. The minimum atomic E-state index is 0.461. The predicted molar refractivity (Wildman–Crippen MR) is 113 cm³/mol. The number of hydrogen-bond acceptors (Lipinski definition) is 7. The van der Waals surface area contributed by atoms with Gasteiger partial charge in [-0.3, -0.25) is 4.90 Å². The van der Waals surface area contributed by atoms with E-state index >= 15 is 0 Å². The molecule has 4 rings (SSSR count). The Bertz CT molecular complexity index is 854. The SMILES string of the molecule is CN1CCN(CCNCc2csc(-c3ncccn3)n2)C(c2ccccc2)C1. The van der Waals surface area contributed by atoms with E-state index in [1.54, 1.807) is 23.7 Å². The highest BCUT2D eigenvalue weighted by Crippen LogP contribution is 2.24. The standard InChI is InChI=1S/C21H26N6S/c1-26-12-13-27(19(15-26)17-6-3-2-4-7-17)11-10-22-14-18-16-28-21(25-18)20-23-8-5-9-24-20/h2-9,16,19,22H,10-15H2,1H3. The lowest BCUT2D eigenvalue weighted by atomic mass is 10.0. The first-order chi connectivity index (χ1) is 13.8. The fourth-order valence-corrected chi connectivity index (χ4v) is 4.32. The lowest BCUT2D eigenvalue weighted by Crippen LogP contribution is -2.48. The van der Waals surface area contributed by atoms with Gasteiger partial charge in [0.25, 0.3) is 0 Å². The zero-order valence-corrected chi connectivity index (χ0v) is 17.0. The molecular formula is C21H26N6S. The molecule has 1 N–H and O–H groups in total. The first-order valence-electron chi connectivity index (χ1n) is 9.69. The zero-order valence-electron chi connectivity index (χ0n) is 16.2. The molecule has 3 aromatic rings. The van der Waals surface area contributed by atoms with Crippen molar-refractivity contribution >= 4 is 11.3 Å². The Kier molecular flexibility index (Phi) is 6.38. The van der Waals surface area contributed by atoms with Gasteiger partial charge in [-0.2, -0.15) is 0 Å². The second kappa shape index (κ2) is 9.34. The van der Waals surface area contributed by atoms with Crippen molar-refractivity contribution in [2.24, 2.45) is 0 Å². The van der Waals surface area contributed by atoms with Gasteiger partial charge in [-0.15, -0.1) is 11.3 Å². The van der Waals surface area contributed by atoms with Crippen LogP contribution >= 0.6 is 11.3 Å². The van der Waals surface area contributed by atoms with Gasteiger partial charge < -0.3 is 10.2 Å². The van der Waals surface area contributed by atoms with Crippen molar-refractivity contribution in [1.82, 2.24) is 30.1 Å². The van der Waals surface area contributed by atoms with E-state index < -0.39 is 0 Å². The number of piperazine rings is 1. The van der Waals surface area contributed by atoms with Gasteiger partial charge in [0.05, 0.1) is 5.69 Å². The smallest absolute Gasteiger partial charge is 0.188 e. The Balaban J connectivity index is 1.29. The largest absolute Gasteiger partial charge is 0.310 e. The van der Waals surface area contributed by atoms with E-state index in [2.05, 4.69) is 72.8 Å². The molecule has 0 radical (unpaired) electrons.